The summed E-state index contributed by atoms with van der Waals surface area (Å²) in [6, 6.07) is 2.93. The number of thiophene rings is 2. The third kappa shape index (κ3) is 3.95. The average molecular weight is 721 g/mol. The number of hydrogen-bond donors (Lipinski definition) is 0. The maximum Gasteiger partial charge on any atom is 0.197 e. The van der Waals surface area contributed by atoms with Gasteiger partial charge in [-0.2, -0.15) is 0 Å². The summed E-state index contributed by atoms with van der Waals surface area (Å²) in [6.07, 6.45) is 2.68. The standard InChI is InChI=1S/C33H12F4N2O5S4/c1-33(2)21-27(47-31-28(21)45-19(38-31)7-13-22(40)9-3-15(34)16(35)4-10(9)23(13)41)29-26(44-33)30-32(48-29)39-20(46-30)8-14-24(42)11-5-17(36)18(37)6-12(11)25(14)43/h3-8H,1-2H3. The third-order valence-corrected chi connectivity index (χ3v) is 12.9. The molecule has 48 heavy (non-hydrogen) atoms. The van der Waals surface area contributed by atoms with Crippen molar-refractivity contribution in [2.75, 3.05) is 0 Å². The number of Topliss-reactive ketones (excluding diaryl/α,β-unsaturated/α-hetero) is 4. The molecule has 0 bridgehead atoms. The van der Waals surface area contributed by atoms with E-state index in [0.717, 1.165) is 44.3 Å². The number of ether oxygens (including phenoxy) is 1. The molecule has 236 valence electrons. The van der Waals surface area contributed by atoms with Gasteiger partial charge in [0.05, 0.1) is 25.6 Å². The van der Waals surface area contributed by atoms with Crippen molar-refractivity contribution in [2.24, 2.45) is 0 Å². The molecule has 2 aliphatic carbocycles. The first-order valence-electron chi connectivity index (χ1n) is 14.0. The lowest BCUT2D eigenvalue weighted by atomic mass is 9.95. The number of benzene rings is 2. The van der Waals surface area contributed by atoms with Crippen LogP contribution in [0.2, 0.25) is 0 Å². The van der Waals surface area contributed by atoms with Gasteiger partial charge in [0.15, 0.2) is 52.2 Å². The second kappa shape index (κ2) is 9.69. The van der Waals surface area contributed by atoms with Crippen LogP contribution in [-0.4, -0.2) is 33.1 Å². The molecule has 3 aliphatic rings. The van der Waals surface area contributed by atoms with Crippen LogP contribution in [0.15, 0.2) is 35.4 Å². The van der Waals surface area contributed by atoms with Gasteiger partial charge in [-0.15, -0.1) is 45.3 Å². The van der Waals surface area contributed by atoms with Gasteiger partial charge in [0.2, 0.25) is 0 Å². The highest BCUT2D eigenvalue weighted by atomic mass is 32.1. The summed E-state index contributed by atoms with van der Waals surface area (Å²) < 4.78 is 63.1. The highest BCUT2D eigenvalue weighted by Crippen LogP contribution is 2.59. The summed E-state index contributed by atoms with van der Waals surface area (Å²) in [4.78, 5) is 63.8. The molecule has 0 unspecified atom stereocenters. The van der Waals surface area contributed by atoms with Crippen molar-refractivity contribution in [3.05, 3.63) is 96.5 Å². The van der Waals surface area contributed by atoms with E-state index < -0.39 is 52.0 Å². The van der Waals surface area contributed by atoms with Crippen molar-refractivity contribution in [1.29, 1.82) is 0 Å². The van der Waals surface area contributed by atoms with Gasteiger partial charge in [-0.1, -0.05) is 0 Å². The minimum absolute atomic E-state index is 0.189. The Morgan fingerprint density at radius 2 is 1.00 bits per heavy atom. The molecule has 15 heteroatoms. The van der Waals surface area contributed by atoms with Crippen LogP contribution in [-0.2, 0) is 5.60 Å². The van der Waals surface area contributed by atoms with E-state index >= 15 is 0 Å². The van der Waals surface area contributed by atoms with Crippen molar-refractivity contribution >= 4 is 99.7 Å². The van der Waals surface area contributed by atoms with Crippen molar-refractivity contribution in [3.63, 3.8) is 0 Å². The Balaban J connectivity index is 1.08. The first kappa shape index (κ1) is 29.4. The molecule has 0 radical (unpaired) electrons. The van der Waals surface area contributed by atoms with Crippen molar-refractivity contribution in [2.45, 2.75) is 19.4 Å². The summed E-state index contributed by atoms with van der Waals surface area (Å²) in [6.45, 7) is 3.78. The molecule has 0 fully saturated rings. The van der Waals surface area contributed by atoms with Crippen LogP contribution >= 0.6 is 45.3 Å². The number of allylic oxidation sites excluding steroid dienone is 2. The lowest BCUT2D eigenvalue weighted by Crippen LogP contribution is -2.27. The average Bonchev–Trinajstić information content (AvgIpc) is 3.84. The highest BCUT2D eigenvalue weighted by Gasteiger charge is 2.41. The normalized spacial score (nSPS) is 16.1. The van der Waals surface area contributed by atoms with Gasteiger partial charge in [0, 0.05) is 27.8 Å². The second-order valence-electron chi connectivity index (χ2n) is 11.6. The largest absolute Gasteiger partial charge is 0.480 e. The summed E-state index contributed by atoms with van der Waals surface area (Å²) >= 11 is 5.24. The lowest BCUT2D eigenvalue weighted by molar-refractivity contribution is 0.0975. The minimum atomic E-state index is -1.21. The Bertz CT molecular complexity index is 2570. The topological polar surface area (TPSA) is 103 Å². The summed E-state index contributed by atoms with van der Waals surface area (Å²) in [7, 11) is 0. The molecule has 9 rings (SSSR count). The van der Waals surface area contributed by atoms with Gasteiger partial charge in [-0.25, -0.2) is 27.5 Å². The van der Waals surface area contributed by atoms with E-state index in [1.165, 1.54) is 57.5 Å². The van der Waals surface area contributed by atoms with Crippen LogP contribution in [0.5, 0.6) is 5.75 Å². The maximum atomic E-state index is 13.8. The molecule has 2 aromatic carbocycles. The molecule has 0 saturated heterocycles. The van der Waals surface area contributed by atoms with Gasteiger partial charge in [0.25, 0.3) is 0 Å². The molecule has 0 spiro atoms. The Morgan fingerprint density at radius 3 is 1.46 bits per heavy atom. The second-order valence-corrected chi connectivity index (χ2v) is 15.7. The van der Waals surface area contributed by atoms with Crippen LogP contribution in [0.25, 0.3) is 41.0 Å². The number of halogens is 4. The number of aromatic nitrogens is 2. The fourth-order valence-electron chi connectivity index (χ4n) is 6.10. The van der Waals surface area contributed by atoms with Crippen LogP contribution < -0.4 is 4.74 Å². The number of ketones is 4. The Labute approximate surface area is 281 Å². The van der Waals surface area contributed by atoms with Crippen LogP contribution in [0.1, 0.15) is 70.9 Å². The minimum Gasteiger partial charge on any atom is -0.480 e. The van der Waals surface area contributed by atoms with E-state index in [9.17, 15) is 36.7 Å². The molecule has 7 nitrogen and oxygen atoms in total. The van der Waals surface area contributed by atoms with Crippen molar-refractivity contribution in [1.82, 2.24) is 9.97 Å². The lowest BCUT2D eigenvalue weighted by Gasteiger charge is -2.31. The zero-order chi connectivity index (χ0) is 33.5. The molecule has 0 N–H and O–H groups in total. The highest BCUT2D eigenvalue weighted by molar-refractivity contribution is 7.34. The van der Waals surface area contributed by atoms with Gasteiger partial charge >= 0.3 is 0 Å². The maximum absolute atomic E-state index is 13.8. The van der Waals surface area contributed by atoms with Crippen molar-refractivity contribution < 1.29 is 41.5 Å². The molecular weight excluding hydrogens is 709 g/mol. The fraction of sp³-hybridized carbons (Fsp3) is 0.0909. The molecule has 6 aromatic rings. The monoisotopic (exact) mass is 720 g/mol. The Morgan fingerprint density at radius 1 is 0.604 bits per heavy atom. The summed E-state index contributed by atoms with van der Waals surface area (Å²) in [5.74, 6) is -7.06. The molecule has 4 aromatic heterocycles. The molecule has 0 saturated carbocycles. The molecule has 0 amide bonds. The van der Waals surface area contributed by atoms with E-state index in [1.54, 1.807) is 0 Å². The van der Waals surface area contributed by atoms with Crippen molar-refractivity contribution in [3.8, 4) is 15.5 Å². The summed E-state index contributed by atoms with van der Waals surface area (Å²) in [5, 5.41) is 0.730. The van der Waals surface area contributed by atoms with E-state index in [1.807, 2.05) is 13.8 Å². The third-order valence-electron chi connectivity index (χ3n) is 8.27. The van der Waals surface area contributed by atoms with E-state index in [-0.39, 0.29) is 33.4 Å². The predicted octanol–water partition coefficient (Wildman–Crippen LogP) is 8.81. The number of hydrogen-bond acceptors (Lipinski definition) is 11. The fourth-order valence-corrected chi connectivity index (χ4v) is 11.2. The number of carbonyl (C=O) groups is 4. The van der Waals surface area contributed by atoms with Crippen LogP contribution in [0, 0.1) is 23.3 Å². The van der Waals surface area contributed by atoms with Gasteiger partial charge in [0.1, 0.15) is 30.0 Å². The Kier molecular flexibility index (Phi) is 5.94. The molecule has 0 atom stereocenters. The first-order chi connectivity index (χ1) is 22.8. The first-order valence-corrected chi connectivity index (χ1v) is 17.2. The molecule has 5 heterocycles. The van der Waals surface area contributed by atoms with Gasteiger partial charge in [-0.05, 0) is 50.3 Å². The summed E-state index contributed by atoms with van der Waals surface area (Å²) in [5.41, 5.74) is -1.20. The quantitative estimate of drug-likeness (QED) is 0.100. The number of carbonyl (C=O) groups excluding carboxylic acids is 4. The number of rotatable bonds is 2. The van der Waals surface area contributed by atoms with Gasteiger partial charge < -0.3 is 4.74 Å². The predicted molar refractivity (Wildman–Crippen MR) is 174 cm³/mol. The van der Waals surface area contributed by atoms with Crippen LogP contribution in [0.4, 0.5) is 17.6 Å². The number of nitrogens with zero attached hydrogens (tertiary/aromatic N) is 2. The molecule has 1 aliphatic heterocycles. The van der Waals surface area contributed by atoms with E-state index in [0.29, 0.717) is 30.1 Å². The zero-order valence-electron chi connectivity index (χ0n) is 24.0. The smallest absolute Gasteiger partial charge is 0.197 e. The number of fused-ring (bicyclic) bond motifs is 9. The zero-order valence-corrected chi connectivity index (χ0v) is 27.3. The van der Waals surface area contributed by atoms with Crippen LogP contribution in [0.3, 0.4) is 0 Å². The van der Waals surface area contributed by atoms with E-state index in [4.69, 9.17) is 4.74 Å². The SMILES string of the molecule is CC1(C)Oc2c(sc3nc(C=C4C(=O)c5cc(F)c(F)cc5C4=O)sc23)-c2sc3nc(C=C4C(=O)c5cc(F)c(F)cc5C4=O)sc3c21. The van der Waals surface area contributed by atoms with E-state index in [2.05, 4.69) is 9.97 Å². The number of thiazole rings is 2. The van der Waals surface area contributed by atoms with Gasteiger partial charge in [-0.3, -0.25) is 19.2 Å². The Hall–Kier alpha value is -4.70. The molecular formula is C33H12F4N2O5S4.